The fourth-order valence-electron chi connectivity index (χ4n) is 2.30. The van der Waals surface area contributed by atoms with Crippen molar-refractivity contribution in [2.45, 2.75) is 25.2 Å². The van der Waals surface area contributed by atoms with Gasteiger partial charge in [0.25, 0.3) is 0 Å². The van der Waals surface area contributed by atoms with Crippen molar-refractivity contribution in [3.63, 3.8) is 0 Å². The Morgan fingerprint density at radius 2 is 1.84 bits per heavy atom. The van der Waals surface area contributed by atoms with E-state index in [4.69, 9.17) is 10.5 Å². The lowest BCUT2D eigenvalue weighted by Crippen LogP contribution is -2.28. The lowest BCUT2D eigenvalue weighted by Gasteiger charge is -2.29. The van der Waals surface area contributed by atoms with Crippen LogP contribution >= 0.6 is 0 Å². The zero-order chi connectivity index (χ0) is 13.9. The van der Waals surface area contributed by atoms with Crippen molar-refractivity contribution < 1.29 is 22.6 Å². The van der Waals surface area contributed by atoms with Gasteiger partial charge in [0.2, 0.25) is 0 Å². The maximum atomic E-state index is 12.3. The Kier molecular flexibility index (Phi) is 4.31. The number of nitrogens with two attached hydrogens (primary N) is 1. The predicted molar refractivity (Wildman–Crippen MR) is 63.6 cm³/mol. The number of para-hydroxylation sites is 1. The lowest BCUT2D eigenvalue weighted by atomic mass is 9.87. The van der Waals surface area contributed by atoms with E-state index in [9.17, 15) is 13.2 Å². The van der Waals surface area contributed by atoms with E-state index in [-0.39, 0.29) is 11.7 Å². The van der Waals surface area contributed by atoms with Gasteiger partial charge in [-0.2, -0.15) is 0 Å². The number of benzene rings is 1. The molecule has 0 saturated carbocycles. The topological polar surface area (TPSA) is 44.5 Å². The molecule has 0 bridgehead atoms. The van der Waals surface area contributed by atoms with E-state index in [1.54, 1.807) is 12.1 Å². The first-order chi connectivity index (χ1) is 8.97. The van der Waals surface area contributed by atoms with Crippen LogP contribution in [0.3, 0.4) is 0 Å². The van der Waals surface area contributed by atoms with Crippen LogP contribution < -0.4 is 10.5 Å². The highest BCUT2D eigenvalue weighted by atomic mass is 19.4. The molecule has 0 spiro atoms. The molecule has 1 aromatic carbocycles. The number of halogens is 3. The summed E-state index contributed by atoms with van der Waals surface area (Å²) in [4.78, 5) is 0. The van der Waals surface area contributed by atoms with Crippen molar-refractivity contribution >= 4 is 0 Å². The van der Waals surface area contributed by atoms with Gasteiger partial charge in [-0.25, -0.2) is 0 Å². The maximum absolute atomic E-state index is 12.3. The molecule has 0 radical (unpaired) electrons. The molecule has 0 unspecified atom stereocenters. The highest BCUT2D eigenvalue weighted by molar-refractivity contribution is 5.36. The Hall–Kier alpha value is -1.27. The summed E-state index contributed by atoms with van der Waals surface area (Å²) in [5, 5.41) is 0. The molecular weight excluding hydrogens is 259 g/mol. The van der Waals surface area contributed by atoms with E-state index in [2.05, 4.69) is 4.74 Å². The second-order valence-electron chi connectivity index (χ2n) is 4.56. The predicted octanol–water partition coefficient (Wildman–Crippen LogP) is 3.01. The molecule has 6 heteroatoms. The monoisotopic (exact) mass is 275 g/mol. The largest absolute Gasteiger partial charge is 0.573 e. The molecule has 19 heavy (non-hydrogen) atoms. The first-order valence-corrected chi connectivity index (χ1v) is 6.15. The maximum Gasteiger partial charge on any atom is 0.573 e. The summed E-state index contributed by atoms with van der Waals surface area (Å²) in [5.74, 6) is -0.0966. The molecule has 0 aliphatic carbocycles. The normalized spacial score (nSPS) is 19.2. The first-order valence-electron chi connectivity index (χ1n) is 6.15. The van der Waals surface area contributed by atoms with Crippen LogP contribution in [0.2, 0.25) is 0 Å². The minimum absolute atomic E-state index is 0.117. The van der Waals surface area contributed by atoms with E-state index in [0.717, 1.165) is 12.8 Å². The van der Waals surface area contributed by atoms with Gasteiger partial charge in [-0.15, -0.1) is 13.2 Å². The molecule has 1 heterocycles. The van der Waals surface area contributed by atoms with Gasteiger partial charge in [-0.05, 0) is 24.8 Å². The third-order valence-corrected chi connectivity index (χ3v) is 3.28. The highest BCUT2D eigenvalue weighted by Gasteiger charge is 2.33. The number of rotatable bonds is 3. The standard InChI is InChI=1S/C13H16F3NO2/c14-13(15,16)19-11-4-2-1-3-10(11)12(17)9-5-7-18-8-6-9/h1-4,9,12H,5-8,17H2/t12-/m1/s1. The van der Waals surface area contributed by atoms with Crippen LogP contribution in [0.25, 0.3) is 0 Å². The number of alkyl halides is 3. The number of ether oxygens (including phenoxy) is 2. The van der Waals surface area contributed by atoms with Gasteiger partial charge < -0.3 is 15.2 Å². The van der Waals surface area contributed by atoms with Gasteiger partial charge in [-0.1, -0.05) is 18.2 Å². The van der Waals surface area contributed by atoms with Crippen molar-refractivity contribution in [1.82, 2.24) is 0 Å². The third-order valence-electron chi connectivity index (χ3n) is 3.28. The Bertz CT molecular complexity index is 417. The summed E-state index contributed by atoms with van der Waals surface area (Å²) in [6.45, 7) is 1.20. The lowest BCUT2D eigenvalue weighted by molar-refractivity contribution is -0.275. The van der Waals surface area contributed by atoms with E-state index in [1.165, 1.54) is 12.1 Å². The Morgan fingerprint density at radius 1 is 1.21 bits per heavy atom. The van der Waals surface area contributed by atoms with Gasteiger partial charge in [0.05, 0.1) is 0 Å². The van der Waals surface area contributed by atoms with Crippen molar-refractivity contribution in [3.05, 3.63) is 29.8 Å². The molecule has 2 rings (SSSR count). The fraction of sp³-hybridized carbons (Fsp3) is 0.538. The highest BCUT2D eigenvalue weighted by Crippen LogP contribution is 2.35. The van der Waals surface area contributed by atoms with Crippen molar-refractivity contribution in [2.75, 3.05) is 13.2 Å². The van der Waals surface area contributed by atoms with Crippen LogP contribution in [-0.2, 0) is 4.74 Å². The summed E-state index contributed by atoms with van der Waals surface area (Å²) in [6, 6.07) is 5.57. The Labute approximate surface area is 109 Å². The number of hydrogen-bond acceptors (Lipinski definition) is 3. The molecular formula is C13H16F3NO2. The molecule has 2 N–H and O–H groups in total. The molecule has 1 aliphatic heterocycles. The van der Waals surface area contributed by atoms with Crippen molar-refractivity contribution in [1.29, 1.82) is 0 Å². The molecule has 1 aliphatic rings. The Balaban J connectivity index is 2.18. The van der Waals surface area contributed by atoms with Crippen LogP contribution in [0.1, 0.15) is 24.4 Å². The van der Waals surface area contributed by atoms with Crippen LogP contribution in [0.15, 0.2) is 24.3 Å². The second kappa shape index (κ2) is 5.79. The van der Waals surface area contributed by atoms with Gasteiger partial charge in [0, 0.05) is 24.8 Å². The minimum Gasteiger partial charge on any atom is -0.405 e. The van der Waals surface area contributed by atoms with Crippen LogP contribution in [0.4, 0.5) is 13.2 Å². The molecule has 1 atom stereocenters. The third kappa shape index (κ3) is 3.84. The van der Waals surface area contributed by atoms with Gasteiger partial charge >= 0.3 is 6.36 Å². The Morgan fingerprint density at radius 3 is 2.47 bits per heavy atom. The zero-order valence-electron chi connectivity index (χ0n) is 10.3. The van der Waals surface area contributed by atoms with E-state index < -0.39 is 12.4 Å². The smallest absolute Gasteiger partial charge is 0.405 e. The molecule has 3 nitrogen and oxygen atoms in total. The SMILES string of the molecule is N[C@@H](c1ccccc1OC(F)(F)F)C1CCOCC1. The van der Waals surface area contributed by atoms with E-state index in [0.29, 0.717) is 18.8 Å². The van der Waals surface area contributed by atoms with Crippen molar-refractivity contribution in [2.24, 2.45) is 11.7 Å². The first kappa shape index (κ1) is 14.1. The molecule has 0 amide bonds. The van der Waals surface area contributed by atoms with Crippen LogP contribution in [0.5, 0.6) is 5.75 Å². The summed E-state index contributed by atoms with van der Waals surface area (Å²) >= 11 is 0. The molecule has 0 aromatic heterocycles. The summed E-state index contributed by atoms with van der Waals surface area (Å²) in [7, 11) is 0. The zero-order valence-corrected chi connectivity index (χ0v) is 10.3. The average Bonchev–Trinajstić information content (AvgIpc) is 2.38. The van der Waals surface area contributed by atoms with Crippen molar-refractivity contribution in [3.8, 4) is 5.75 Å². The minimum atomic E-state index is -4.70. The summed E-state index contributed by atoms with van der Waals surface area (Å²) in [5.41, 5.74) is 6.48. The second-order valence-corrected chi connectivity index (χ2v) is 4.56. The summed E-state index contributed by atoms with van der Waals surface area (Å²) < 4.78 is 46.3. The fourth-order valence-corrected chi connectivity index (χ4v) is 2.30. The number of hydrogen-bond donors (Lipinski definition) is 1. The summed E-state index contributed by atoms with van der Waals surface area (Å²) in [6.07, 6.45) is -3.20. The van der Waals surface area contributed by atoms with E-state index >= 15 is 0 Å². The quantitative estimate of drug-likeness (QED) is 0.922. The van der Waals surface area contributed by atoms with Gasteiger partial charge in [0.15, 0.2) is 0 Å². The van der Waals surface area contributed by atoms with Crippen LogP contribution in [0, 0.1) is 5.92 Å². The molecule has 1 aromatic rings. The molecule has 1 saturated heterocycles. The average molecular weight is 275 g/mol. The van der Waals surface area contributed by atoms with E-state index in [1.807, 2.05) is 0 Å². The van der Waals surface area contributed by atoms with Crippen LogP contribution in [-0.4, -0.2) is 19.6 Å². The van der Waals surface area contributed by atoms with Gasteiger partial charge in [-0.3, -0.25) is 0 Å². The molecule has 106 valence electrons. The molecule has 1 fully saturated rings. The van der Waals surface area contributed by atoms with Gasteiger partial charge in [0.1, 0.15) is 5.75 Å².